The van der Waals surface area contributed by atoms with Crippen LogP contribution in [0.15, 0.2) is 64.5 Å². The van der Waals surface area contributed by atoms with Crippen molar-refractivity contribution >= 4 is 40.3 Å². The van der Waals surface area contributed by atoms with Crippen LogP contribution in [0.25, 0.3) is 0 Å². The van der Waals surface area contributed by atoms with E-state index in [9.17, 15) is 15.0 Å². The van der Waals surface area contributed by atoms with Gasteiger partial charge in [0.2, 0.25) is 5.91 Å². The molecule has 0 unspecified atom stereocenters. The number of aliphatic hydroxyl groups is 2. The quantitative estimate of drug-likeness (QED) is 0.531. The van der Waals surface area contributed by atoms with Crippen molar-refractivity contribution < 1.29 is 15.0 Å². The summed E-state index contributed by atoms with van der Waals surface area (Å²) >= 11 is 3.14. The molecule has 1 fully saturated rings. The maximum absolute atomic E-state index is 12.9. The maximum atomic E-state index is 12.9. The van der Waals surface area contributed by atoms with Crippen LogP contribution in [-0.4, -0.2) is 51.0 Å². The van der Waals surface area contributed by atoms with Gasteiger partial charge in [-0.05, 0) is 42.5 Å². The van der Waals surface area contributed by atoms with E-state index in [1.54, 1.807) is 11.8 Å². The van der Waals surface area contributed by atoms with E-state index < -0.39 is 24.2 Å². The zero-order valence-electron chi connectivity index (χ0n) is 16.6. The minimum Gasteiger partial charge on any atom is -0.390 e. The number of anilines is 1. The summed E-state index contributed by atoms with van der Waals surface area (Å²) in [6.45, 7) is 0.435. The lowest BCUT2D eigenvalue weighted by atomic mass is 9.81. The zero-order valence-corrected chi connectivity index (χ0v) is 18.2. The Bertz CT molecular complexity index is 908. The molecule has 30 heavy (non-hydrogen) atoms. The van der Waals surface area contributed by atoms with Gasteiger partial charge in [0.15, 0.2) is 5.17 Å². The molecule has 4 rings (SSSR count). The SMILES string of the molecule is CSc1ccc(NC2=N[C@@H]3[C@@H](O)[C@H](O)C[C@H](C(=O)NCc4ccccc4)[C@H]3S2)cc1. The molecule has 4 N–H and O–H groups in total. The minimum atomic E-state index is -0.973. The monoisotopic (exact) mass is 443 g/mol. The van der Waals surface area contributed by atoms with E-state index in [1.165, 1.54) is 16.7 Å². The lowest BCUT2D eigenvalue weighted by Crippen LogP contribution is -2.53. The van der Waals surface area contributed by atoms with Crippen molar-refractivity contribution in [3.63, 3.8) is 0 Å². The molecule has 1 aliphatic heterocycles. The third-order valence-corrected chi connectivity index (χ3v) is 7.53. The molecular formula is C22H25N3O3S2. The summed E-state index contributed by atoms with van der Waals surface area (Å²) in [5, 5.41) is 27.5. The van der Waals surface area contributed by atoms with Crippen LogP contribution in [0.4, 0.5) is 5.69 Å². The first-order chi connectivity index (χ1) is 14.5. The number of hydrogen-bond donors (Lipinski definition) is 4. The molecule has 1 aliphatic carbocycles. The molecule has 0 radical (unpaired) electrons. The minimum absolute atomic E-state index is 0.118. The van der Waals surface area contributed by atoms with Gasteiger partial charge in [-0.25, -0.2) is 0 Å². The number of nitrogens with zero attached hydrogens (tertiary/aromatic N) is 1. The summed E-state index contributed by atoms with van der Waals surface area (Å²) in [7, 11) is 0. The van der Waals surface area contributed by atoms with Crippen LogP contribution in [0.3, 0.4) is 0 Å². The molecule has 8 heteroatoms. The number of carbonyl (C=O) groups excluding carboxylic acids is 1. The van der Waals surface area contributed by atoms with Gasteiger partial charge in [-0.15, -0.1) is 11.8 Å². The summed E-state index contributed by atoms with van der Waals surface area (Å²) in [6.07, 6.45) is 0.308. The highest BCUT2D eigenvalue weighted by Gasteiger charge is 2.50. The molecule has 2 aromatic rings. The second-order valence-corrected chi connectivity index (χ2v) is 9.51. The molecule has 1 saturated carbocycles. The van der Waals surface area contributed by atoms with Crippen LogP contribution in [0.2, 0.25) is 0 Å². The number of thioether (sulfide) groups is 2. The van der Waals surface area contributed by atoms with Crippen molar-refractivity contribution in [1.82, 2.24) is 5.32 Å². The average molecular weight is 444 g/mol. The fourth-order valence-electron chi connectivity index (χ4n) is 3.82. The number of benzene rings is 2. The number of fused-ring (bicyclic) bond motifs is 1. The summed E-state index contributed by atoms with van der Waals surface area (Å²) in [5.41, 5.74) is 1.92. The van der Waals surface area contributed by atoms with Gasteiger partial charge in [-0.1, -0.05) is 42.1 Å². The predicted molar refractivity (Wildman–Crippen MR) is 123 cm³/mol. The first-order valence-corrected chi connectivity index (χ1v) is 12.0. The van der Waals surface area contributed by atoms with Crippen LogP contribution in [-0.2, 0) is 11.3 Å². The highest BCUT2D eigenvalue weighted by Crippen LogP contribution is 2.41. The number of hydrogen-bond acceptors (Lipinski definition) is 7. The Balaban J connectivity index is 1.44. The van der Waals surface area contributed by atoms with E-state index in [-0.39, 0.29) is 17.6 Å². The number of amides is 1. The van der Waals surface area contributed by atoms with Crippen LogP contribution in [0, 0.1) is 5.92 Å². The smallest absolute Gasteiger partial charge is 0.224 e. The molecule has 0 aromatic heterocycles. The number of carbonyl (C=O) groups is 1. The van der Waals surface area contributed by atoms with Crippen molar-refractivity contribution in [2.75, 3.05) is 11.6 Å². The molecule has 5 atom stereocenters. The van der Waals surface area contributed by atoms with Crippen molar-refractivity contribution in [3.8, 4) is 0 Å². The Labute approximate surface area is 184 Å². The third-order valence-electron chi connectivity index (χ3n) is 5.47. The standard InChI is InChI=1S/C22H25N3O3S2/c1-29-15-9-7-14(8-10-15)24-22-25-18-19(27)17(26)11-16(20(18)30-22)21(28)23-12-13-5-3-2-4-6-13/h2-10,16-20,26-27H,11-12H2,1H3,(H,23,28)(H,24,25)/t16-,17+,18+,19-,20+/m0/s1. The van der Waals surface area contributed by atoms with Crippen LogP contribution in [0.1, 0.15) is 12.0 Å². The van der Waals surface area contributed by atoms with Gasteiger partial charge in [0.05, 0.1) is 18.1 Å². The van der Waals surface area contributed by atoms with Gasteiger partial charge in [-0.3, -0.25) is 9.79 Å². The van der Waals surface area contributed by atoms with Gasteiger partial charge in [0.25, 0.3) is 0 Å². The lowest BCUT2D eigenvalue weighted by Gasteiger charge is -2.37. The summed E-state index contributed by atoms with van der Waals surface area (Å²) in [6, 6.07) is 17.2. The van der Waals surface area contributed by atoms with E-state index in [0.29, 0.717) is 11.7 Å². The van der Waals surface area contributed by atoms with Gasteiger partial charge >= 0.3 is 0 Å². The van der Waals surface area contributed by atoms with Crippen molar-refractivity contribution in [2.45, 2.75) is 41.4 Å². The van der Waals surface area contributed by atoms with Crippen LogP contribution < -0.4 is 10.6 Å². The number of rotatable bonds is 5. The molecule has 158 valence electrons. The van der Waals surface area contributed by atoms with Gasteiger partial charge in [-0.2, -0.15) is 0 Å². The molecule has 0 saturated heterocycles. The lowest BCUT2D eigenvalue weighted by molar-refractivity contribution is -0.129. The highest BCUT2D eigenvalue weighted by molar-refractivity contribution is 8.15. The Morgan fingerprint density at radius 2 is 1.90 bits per heavy atom. The van der Waals surface area contributed by atoms with Crippen molar-refractivity contribution in [3.05, 3.63) is 60.2 Å². The molecular weight excluding hydrogens is 418 g/mol. The second-order valence-electron chi connectivity index (χ2n) is 7.46. The third kappa shape index (κ3) is 4.67. The van der Waals surface area contributed by atoms with E-state index in [0.717, 1.165) is 11.3 Å². The van der Waals surface area contributed by atoms with Gasteiger partial charge in [0.1, 0.15) is 6.10 Å². The topological polar surface area (TPSA) is 94.0 Å². The number of amidine groups is 1. The molecule has 2 aliphatic rings. The normalized spacial score (nSPS) is 27.8. The Hall–Kier alpha value is -2.00. The summed E-state index contributed by atoms with van der Waals surface area (Å²) < 4.78 is 0. The molecule has 1 amide bonds. The molecule has 0 spiro atoms. The van der Waals surface area contributed by atoms with E-state index in [1.807, 2.05) is 60.9 Å². The molecule has 2 aromatic carbocycles. The Kier molecular flexibility index (Phi) is 6.67. The maximum Gasteiger partial charge on any atom is 0.224 e. The summed E-state index contributed by atoms with van der Waals surface area (Å²) in [4.78, 5) is 18.7. The zero-order chi connectivity index (χ0) is 21.1. The van der Waals surface area contributed by atoms with E-state index in [4.69, 9.17) is 0 Å². The first kappa shape index (κ1) is 21.2. The second kappa shape index (κ2) is 9.43. The predicted octanol–water partition coefficient (Wildman–Crippen LogP) is 2.72. The van der Waals surface area contributed by atoms with Gasteiger partial charge in [0, 0.05) is 22.4 Å². The van der Waals surface area contributed by atoms with Crippen molar-refractivity contribution in [1.29, 1.82) is 0 Å². The van der Waals surface area contributed by atoms with E-state index >= 15 is 0 Å². The molecule has 6 nitrogen and oxygen atoms in total. The number of aliphatic imine (C=N–C) groups is 1. The fourth-order valence-corrected chi connectivity index (χ4v) is 5.61. The highest BCUT2D eigenvalue weighted by atomic mass is 32.2. The average Bonchev–Trinajstić information content (AvgIpc) is 3.19. The number of aliphatic hydroxyl groups excluding tert-OH is 2. The Morgan fingerprint density at radius 3 is 2.60 bits per heavy atom. The van der Waals surface area contributed by atoms with Crippen LogP contribution in [0.5, 0.6) is 0 Å². The number of nitrogens with one attached hydrogen (secondary N) is 2. The Morgan fingerprint density at radius 1 is 1.17 bits per heavy atom. The van der Waals surface area contributed by atoms with Gasteiger partial charge < -0.3 is 20.8 Å². The molecule has 1 heterocycles. The van der Waals surface area contributed by atoms with Crippen molar-refractivity contribution in [2.24, 2.45) is 10.9 Å². The largest absolute Gasteiger partial charge is 0.390 e. The van der Waals surface area contributed by atoms with Crippen LogP contribution >= 0.6 is 23.5 Å². The molecule has 0 bridgehead atoms. The first-order valence-electron chi connectivity index (χ1n) is 9.88. The fraction of sp³-hybridized carbons (Fsp3) is 0.364. The summed E-state index contributed by atoms with van der Waals surface area (Å²) in [5.74, 6) is -0.544. The van der Waals surface area contributed by atoms with E-state index in [2.05, 4.69) is 15.6 Å².